The molecule has 2 aliphatic rings. The third-order valence-electron chi connectivity index (χ3n) is 5.12. The van der Waals surface area contributed by atoms with Crippen molar-refractivity contribution in [1.29, 1.82) is 0 Å². The van der Waals surface area contributed by atoms with Crippen molar-refractivity contribution in [3.63, 3.8) is 0 Å². The average Bonchev–Trinajstić information content (AvgIpc) is 3.06. The first kappa shape index (κ1) is 18.5. The second-order valence-electron chi connectivity index (χ2n) is 7.26. The van der Waals surface area contributed by atoms with Crippen LogP contribution in [-0.2, 0) is 13.1 Å². The second-order valence-corrected chi connectivity index (χ2v) is 10.3. The van der Waals surface area contributed by atoms with Gasteiger partial charge in [-0.1, -0.05) is 38.4 Å². The Morgan fingerprint density at radius 1 is 1.19 bits per heavy atom. The predicted octanol–water partition coefficient (Wildman–Crippen LogP) is 4.41. The van der Waals surface area contributed by atoms with Crippen molar-refractivity contribution in [3.05, 3.63) is 79.4 Å². The van der Waals surface area contributed by atoms with Gasteiger partial charge in [-0.2, -0.15) is 0 Å². The number of carbonyl (C=O) groups is 1. The molecule has 0 aliphatic carbocycles. The molecule has 0 N–H and O–H groups in total. The summed E-state index contributed by atoms with van der Waals surface area (Å²) in [7, 11) is 0.641. The van der Waals surface area contributed by atoms with Gasteiger partial charge in [0.2, 0.25) is 0 Å². The van der Waals surface area contributed by atoms with Gasteiger partial charge in [-0.25, -0.2) is 0 Å². The zero-order chi connectivity index (χ0) is 19.1. The molecule has 2 atom stereocenters. The summed E-state index contributed by atoms with van der Waals surface area (Å²) < 4.78 is 2.00. The van der Waals surface area contributed by atoms with Gasteiger partial charge in [0, 0.05) is 37.0 Å². The van der Waals surface area contributed by atoms with Crippen molar-refractivity contribution in [2.45, 2.75) is 38.9 Å². The normalized spacial score (nSPS) is 20.1. The van der Waals surface area contributed by atoms with Crippen LogP contribution in [0.2, 0.25) is 0 Å². The Kier molecular flexibility index (Phi) is 5.00. The molecular weight excluding hydrogens is 375 g/mol. The van der Waals surface area contributed by atoms with Crippen LogP contribution in [0.3, 0.4) is 0 Å². The summed E-state index contributed by atoms with van der Waals surface area (Å²) in [6.07, 6.45) is 1.93. The minimum absolute atomic E-state index is 0.0279. The van der Waals surface area contributed by atoms with E-state index in [-0.39, 0.29) is 16.3 Å². The third kappa shape index (κ3) is 3.51. The molecule has 1 amide bonds. The first-order chi connectivity index (χ1) is 12.9. The van der Waals surface area contributed by atoms with E-state index in [1.165, 1.54) is 10.9 Å². The third-order valence-corrected chi connectivity index (χ3v) is 8.28. The van der Waals surface area contributed by atoms with Gasteiger partial charge in [0.05, 0.1) is 4.99 Å². The van der Waals surface area contributed by atoms with Gasteiger partial charge in [-0.05, 0) is 37.1 Å². The number of nitrogens with zero attached hydrogens (tertiary/aromatic N) is 2. The molecule has 2 unspecified atom stereocenters. The van der Waals surface area contributed by atoms with Crippen LogP contribution in [0.15, 0.2) is 46.0 Å². The lowest BCUT2D eigenvalue weighted by Crippen LogP contribution is -2.42. The largest absolute Gasteiger partial charge is 0.341 e. The van der Waals surface area contributed by atoms with Gasteiger partial charge in [0.25, 0.3) is 5.91 Å². The molecular formula is C21H23N2O2PS. The van der Waals surface area contributed by atoms with E-state index < -0.39 is 0 Å². The number of fused-ring (bicyclic) bond motifs is 1. The van der Waals surface area contributed by atoms with Gasteiger partial charge in [0.1, 0.15) is 5.69 Å². The van der Waals surface area contributed by atoms with E-state index in [9.17, 15) is 9.59 Å². The number of allylic oxidation sites excluding steroid dienone is 1. The lowest BCUT2D eigenvalue weighted by atomic mass is 10.1. The molecule has 0 bridgehead atoms. The number of hydrogen-bond acceptors (Lipinski definition) is 3. The molecule has 1 aromatic carbocycles. The molecule has 6 heteroatoms. The quantitative estimate of drug-likeness (QED) is 0.720. The number of carbonyl (C=O) groups excluding carboxylic acids is 1. The van der Waals surface area contributed by atoms with Crippen LogP contribution in [0, 0.1) is 13.8 Å². The Hall–Kier alpha value is -1.84. The number of benzene rings is 1. The fourth-order valence-electron chi connectivity index (χ4n) is 3.73. The van der Waals surface area contributed by atoms with Crippen molar-refractivity contribution in [2.75, 3.05) is 6.54 Å². The number of aryl methyl sites for hydroxylation is 1. The first-order valence-corrected chi connectivity index (χ1v) is 11.1. The van der Waals surface area contributed by atoms with Crippen LogP contribution in [0.5, 0.6) is 0 Å². The number of pyridine rings is 1. The van der Waals surface area contributed by atoms with E-state index in [1.807, 2.05) is 27.8 Å². The van der Waals surface area contributed by atoms with Crippen molar-refractivity contribution in [1.82, 2.24) is 9.47 Å². The highest BCUT2D eigenvalue weighted by molar-refractivity contribution is 8.08. The van der Waals surface area contributed by atoms with Crippen molar-refractivity contribution < 1.29 is 4.79 Å². The molecule has 0 fully saturated rings. The number of rotatable bonds is 3. The molecule has 3 heterocycles. The molecule has 4 rings (SSSR count). The Bertz CT molecular complexity index is 1010. The molecule has 0 spiro atoms. The molecule has 4 nitrogen and oxygen atoms in total. The highest BCUT2D eigenvalue weighted by Gasteiger charge is 2.30. The van der Waals surface area contributed by atoms with Crippen LogP contribution in [-0.4, -0.2) is 21.9 Å². The van der Waals surface area contributed by atoms with E-state index in [4.69, 9.17) is 0 Å². The lowest BCUT2D eigenvalue weighted by Gasteiger charge is -2.31. The number of hydrogen-bond donors (Lipinski definition) is 0. The first-order valence-electron chi connectivity index (χ1n) is 9.11. The minimum atomic E-state index is -0.0419. The molecule has 0 saturated heterocycles. The monoisotopic (exact) mass is 398 g/mol. The van der Waals surface area contributed by atoms with Gasteiger partial charge >= 0.3 is 0 Å². The van der Waals surface area contributed by atoms with Crippen LogP contribution in [0.1, 0.15) is 44.7 Å². The lowest BCUT2D eigenvalue weighted by molar-refractivity contribution is 0.0687. The molecule has 27 heavy (non-hydrogen) atoms. The topological polar surface area (TPSA) is 42.3 Å². The van der Waals surface area contributed by atoms with Crippen LogP contribution < -0.4 is 5.43 Å². The number of aromatic nitrogens is 1. The molecule has 1 aromatic heterocycles. The van der Waals surface area contributed by atoms with Crippen LogP contribution in [0.25, 0.3) is 0 Å². The van der Waals surface area contributed by atoms with Gasteiger partial charge in [0.15, 0.2) is 5.43 Å². The second kappa shape index (κ2) is 7.29. The summed E-state index contributed by atoms with van der Waals surface area (Å²) >= 11 is 1.72. The van der Waals surface area contributed by atoms with Crippen molar-refractivity contribution in [2.24, 2.45) is 0 Å². The molecule has 0 saturated carbocycles. The zero-order valence-corrected chi connectivity index (χ0v) is 17.6. The van der Waals surface area contributed by atoms with Crippen molar-refractivity contribution in [3.8, 4) is 0 Å². The summed E-state index contributed by atoms with van der Waals surface area (Å²) in [5.74, 6) is -0.0419. The molecule has 140 valence electrons. The smallest absolute Gasteiger partial charge is 0.271 e. The fraction of sp³-hybridized carbons (Fsp3) is 0.333. The summed E-state index contributed by atoms with van der Waals surface area (Å²) in [5, 5.41) is 3.49. The van der Waals surface area contributed by atoms with E-state index in [1.54, 1.807) is 18.7 Å². The summed E-state index contributed by atoms with van der Waals surface area (Å²) in [6, 6.07) is 8.23. The maximum absolute atomic E-state index is 13.1. The van der Waals surface area contributed by atoms with E-state index >= 15 is 0 Å². The summed E-state index contributed by atoms with van der Waals surface area (Å²) in [6.45, 7) is 7.95. The Labute approximate surface area is 165 Å². The highest BCUT2D eigenvalue weighted by atomic mass is 32.2. The Balaban J connectivity index is 1.65. The van der Waals surface area contributed by atoms with Crippen LogP contribution in [0.4, 0.5) is 0 Å². The van der Waals surface area contributed by atoms with E-state index in [0.29, 0.717) is 32.9 Å². The maximum atomic E-state index is 13.1. The van der Waals surface area contributed by atoms with Gasteiger partial charge in [-0.15, -0.1) is 11.8 Å². The van der Waals surface area contributed by atoms with Gasteiger partial charge < -0.3 is 9.47 Å². The Morgan fingerprint density at radius 2 is 2.00 bits per heavy atom. The van der Waals surface area contributed by atoms with Crippen molar-refractivity contribution >= 4 is 26.2 Å². The average molecular weight is 398 g/mol. The maximum Gasteiger partial charge on any atom is 0.271 e. The van der Waals surface area contributed by atoms with Crippen LogP contribution >= 0.6 is 20.3 Å². The summed E-state index contributed by atoms with van der Waals surface area (Å²) in [5.41, 5.74) is 4.32. The Morgan fingerprint density at radius 3 is 2.70 bits per heavy atom. The molecule has 2 aromatic rings. The SMILES string of the molecule is CC1=CSC(c2cn3c(c(C)c2=O)C(=O)N(Cc2cccc(C)c2)CC3)P1. The van der Waals surface area contributed by atoms with E-state index in [2.05, 4.69) is 31.4 Å². The fourth-order valence-corrected chi connectivity index (χ4v) is 6.67. The minimum Gasteiger partial charge on any atom is -0.341 e. The predicted molar refractivity (Wildman–Crippen MR) is 114 cm³/mol. The molecule has 2 aliphatic heterocycles. The van der Waals surface area contributed by atoms with Gasteiger partial charge in [-0.3, -0.25) is 9.59 Å². The summed E-state index contributed by atoms with van der Waals surface area (Å²) in [4.78, 5) is 28.1. The molecule has 0 radical (unpaired) electrons. The zero-order valence-electron chi connectivity index (χ0n) is 15.8. The van der Waals surface area contributed by atoms with E-state index in [0.717, 1.165) is 17.7 Å². The number of amides is 1. The highest BCUT2D eigenvalue weighted by Crippen LogP contribution is 2.54. The number of thioether (sulfide) groups is 1. The standard InChI is InChI=1S/C21H23N2O2PS/c1-13-5-4-6-16(9-13)10-23-8-7-22-11-17(21-26-14(2)12-27-21)19(24)15(3)18(22)20(23)25/h4-6,9,11-12,21,26H,7-8,10H2,1-3H3.